The average Bonchev–Trinajstić information content (AvgIpc) is 3.15. The number of rotatable bonds is 3. The molecule has 0 aliphatic carbocycles. The number of thiophene rings is 1. The van der Waals surface area contributed by atoms with Crippen molar-refractivity contribution < 1.29 is 13.2 Å². The Balaban J connectivity index is 1.63. The molecule has 0 radical (unpaired) electrons. The fraction of sp³-hybridized carbons (Fsp3) is 0.625. The van der Waals surface area contributed by atoms with Gasteiger partial charge in [-0.25, -0.2) is 9.97 Å². The van der Waals surface area contributed by atoms with Gasteiger partial charge in [0, 0.05) is 23.9 Å². The lowest BCUT2D eigenvalue weighted by molar-refractivity contribution is -0.126. The second kappa shape index (κ2) is 6.07. The molecule has 0 amide bonds. The maximum atomic E-state index is 12.7. The first-order valence-corrected chi connectivity index (χ1v) is 9.21. The van der Waals surface area contributed by atoms with Crippen molar-refractivity contribution in [3.63, 3.8) is 0 Å². The molecular weight excluding hydrogens is 351 g/mol. The van der Waals surface area contributed by atoms with Crippen LogP contribution in [0.5, 0.6) is 0 Å². The van der Waals surface area contributed by atoms with Gasteiger partial charge in [-0.1, -0.05) is 0 Å². The molecule has 25 heavy (non-hydrogen) atoms. The van der Waals surface area contributed by atoms with Crippen molar-refractivity contribution in [2.24, 2.45) is 5.92 Å². The van der Waals surface area contributed by atoms with E-state index in [2.05, 4.69) is 25.5 Å². The number of hydrogen-bond acceptors (Lipinski definition) is 6. The van der Waals surface area contributed by atoms with Crippen molar-refractivity contribution in [3.8, 4) is 0 Å². The third-order valence-electron chi connectivity index (χ3n) is 5.33. The summed E-state index contributed by atoms with van der Waals surface area (Å²) in [7, 11) is 1.98. The number of fused-ring (bicyclic) bond motifs is 2. The molecule has 136 valence electrons. The molecule has 2 aliphatic heterocycles. The predicted molar refractivity (Wildman–Crippen MR) is 91.9 cm³/mol. The summed E-state index contributed by atoms with van der Waals surface area (Å²) >= 11 is 1.10. The van der Waals surface area contributed by atoms with Crippen LogP contribution in [0.4, 0.5) is 19.0 Å². The molecular formula is C16H20F3N5S. The molecule has 0 saturated carbocycles. The molecule has 0 aromatic carbocycles. The van der Waals surface area contributed by atoms with Crippen LogP contribution in [-0.4, -0.2) is 48.5 Å². The van der Waals surface area contributed by atoms with Crippen LogP contribution < -0.4 is 15.5 Å². The highest BCUT2D eigenvalue weighted by molar-refractivity contribution is 7.18. The van der Waals surface area contributed by atoms with Gasteiger partial charge >= 0.3 is 6.18 Å². The molecule has 0 spiro atoms. The van der Waals surface area contributed by atoms with E-state index in [9.17, 15) is 13.2 Å². The van der Waals surface area contributed by atoms with Gasteiger partial charge in [-0.3, -0.25) is 5.32 Å². The van der Waals surface area contributed by atoms with E-state index in [-0.39, 0.29) is 10.5 Å². The smallest absolute Gasteiger partial charge is 0.355 e. The molecule has 2 aromatic rings. The predicted octanol–water partition coefficient (Wildman–Crippen LogP) is 2.53. The van der Waals surface area contributed by atoms with Crippen LogP contribution in [0.2, 0.25) is 0 Å². The molecule has 2 aromatic heterocycles. The van der Waals surface area contributed by atoms with Gasteiger partial charge in [-0.05, 0) is 32.5 Å². The molecule has 2 atom stereocenters. The van der Waals surface area contributed by atoms with Gasteiger partial charge < -0.3 is 10.2 Å². The molecule has 0 bridgehead atoms. The van der Waals surface area contributed by atoms with Crippen LogP contribution in [-0.2, 0) is 6.42 Å². The molecule has 2 N–H and O–H groups in total. The summed E-state index contributed by atoms with van der Waals surface area (Å²) in [5.74, 6) is 1.20. The Kier molecular flexibility index (Phi) is 4.12. The van der Waals surface area contributed by atoms with Gasteiger partial charge in [-0.2, -0.15) is 13.2 Å². The first-order valence-electron chi connectivity index (χ1n) is 8.39. The summed E-state index contributed by atoms with van der Waals surface area (Å²) in [5, 5.41) is 7.72. The number of nitrogens with one attached hydrogen (secondary N) is 2. The molecule has 0 unspecified atom stereocenters. The lowest BCUT2D eigenvalue weighted by Crippen LogP contribution is -2.62. The Hall–Kier alpha value is -1.45. The van der Waals surface area contributed by atoms with Crippen molar-refractivity contribution in [2.45, 2.75) is 31.1 Å². The lowest BCUT2D eigenvalue weighted by Gasteiger charge is -2.44. The van der Waals surface area contributed by atoms with E-state index in [1.807, 2.05) is 7.05 Å². The minimum atomic E-state index is -4.21. The number of nitrogens with zero attached hydrogens (tertiary/aromatic N) is 3. The van der Waals surface area contributed by atoms with Crippen molar-refractivity contribution >= 4 is 27.4 Å². The first kappa shape index (κ1) is 17.0. The quantitative estimate of drug-likeness (QED) is 0.869. The maximum absolute atomic E-state index is 12.7. The van der Waals surface area contributed by atoms with Crippen LogP contribution in [0.1, 0.15) is 17.7 Å². The minimum Gasteiger partial charge on any atom is -0.355 e. The zero-order chi connectivity index (χ0) is 17.7. The van der Waals surface area contributed by atoms with Gasteiger partial charge in [-0.15, -0.1) is 11.3 Å². The van der Waals surface area contributed by atoms with E-state index >= 15 is 0 Å². The summed E-state index contributed by atoms with van der Waals surface area (Å²) in [4.78, 5) is 11.7. The third-order valence-corrected chi connectivity index (χ3v) is 6.37. The van der Waals surface area contributed by atoms with Gasteiger partial charge in [0.25, 0.3) is 0 Å². The zero-order valence-electron chi connectivity index (χ0n) is 13.9. The van der Waals surface area contributed by atoms with E-state index in [0.717, 1.165) is 55.0 Å². The Bertz CT molecular complexity index is 777. The third kappa shape index (κ3) is 3.09. The van der Waals surface area contributed by atoms with Crippen molar-refractivity contribution in [1.82, 2.24) is 20.6 Å². The first-order chi connectivity index (χ1) is 11.9. The van der Waals surface area contributed by atoms with Crippen molar-refractivity contribution in [1.29, 1.82) is 0 Å². The highest BCUT2D eigenvalue weighted by Crippen LogP contribution is 2.38. The Labute approximate surface area is 147 Å². The Morgan fingerprint density at radius 3 is 3.04 bits per heavy atom. The monoisotopic (exact) mass is 371 g/mol. The second-order valence-corrected chi connectivity index (χ2v) is 7.87. The summed E-state index contributed by atoms with van der Waals surface area (Å²) in [6.07, 6.45) is -1.66. The number of anilines is 1. The summed E-state index contributed by atoms with van der Waals surface area (Å²) < 4.78 is 38.1. The molecule has 9 heteroatoms. The second-order valence-electron chi connectivity index (χ2n) is 6.75. The topological polar surface area (TPSA) is 53.1 Å². The summed E-state index contributed by atoms with van der Waals surface area (Å²) in [5.41, 5.74) is -0.0290. The molecule has 2 saturated heterocycles. The molecule has 5 nitrogen and oxygen atoms in total. The SMILES string of the molecule is CN[C@]12CCN(c3ncnc4sc(CC(F)(F)F)cc34)C[C@H]1CCN2. The molecule has 2 aliphatic rings. The van der Waals surface area contributed by atoms with Crippen LogP contribution in [0.25, 0.3) is 10.2 Å². The number of halogens is 3. The minimum absolute atomic E-state index is 0.0290. The van der Waals surface area contributed by atoms with Crippen LogP contribution in [0.3, 0.4) is 0 Å². The van der Waals surface area contributed by atoms with E-state index < -0.39 is 12.6 Å². The zero-order valence-corrected chi connectivity index (χ0v) is 14.7. The van der Waals surface area contributed by atoms with Gasteiger partial charge in [0.1, 0.15) is 17.0 Å². The maximum Gasteiger partial charge on any atom is 0.393 e. The highest BCUT2D eigenvalue weighted by Gasteiger charge is 2.45. The number of hydrogen-bond donors (Lipinski definition) is 2. The summed E-state index contributed by atoms with van der Waals surface area (Å²) in [6.45, 7) is 2.62. The summed E-state index contributed by atoms with van der Waals surface area (Å²) in [6, 6.07) is 1.61. The van der Waals surface area contributed by atoms with Crippen LogP contribution in [0.15, 0.2) is 12.4 Å². The Morgan fingerprint density at radius 2 is 2.28 bits per heavy atom. The van der Waals surface area contributed by atoms with Gasteiger partial charge in [0.2, 0.25) is 0 Å². The van der Waals surface area contributed by atoms with Crippen molar-refractivity contribution in [3.05, 3.63) is 17.3 Å². The standard InChI is InChI=1S/C16H20F3N5S/c1-20-15-3-5-24(8-10(15)2-4-23-15)13-12-6-11(7-16(17,18)19)25-14(12)22-9-21-13/h6,9-10,20,23H,2-5,7-8H2,1H3/t10-,15+/m1/s1. The molecule has 4 heterocycles. The number of piperidine rings is 1. The lowest BCUT2D eigenvalue weighted by atomic mass is 9.86. The molecule has 4 rings (SSSR count). The van der Waals surface area contributed by atoms with Gasteiger partial charge in [0.15, 0.2) is 0 Å². The van der Waals surface area contributed by atoms with Crippen LogP contribution in [0, 0.1) is 5.92 Å². The van der Waals surface area contributed by atoms with E-state index in [4.69, 9.17) is 0 Å². The van der Waals surface area contributed by atoms with Gasteiger partial charge in [0.05, 0.1) is 17.5 Å². The Morgan fingerprint density at radius 1 is 1.44 bits per heavy atom. The normalized spacial score (nSPS) is 27.0. The fourth-order valence-corrected chi connectivity index (χ4v) is 5.13. The van der Waals surface area contributed by atoms with E-state index in [1.165, 1.54) is 6.33 Å². The number of alkyl halides is 3. The van der Waals surface area contributed by atoms with E-state index in [0.29, 0.717) is 10.7 Å². The van der Waals surface area contributed by atoms with Crippen molar-refractivity contribution in [2.75, 3.05) is 31.6 Å². The fourth-order valence-electron chi connectivity index (χ4n) is 4.11. The largest absolute Gasteiger partial charge is 0.393 e. The highest BCUT2D eigenvalue weighted by atomic mass is 32.1. The van der Waals surface area contributed by atoms with E-state index in [1.54, 1.807) is 6.07 Å². The average molecular weight is 371 g/mol. The molecule has 2 fully saturated rings. The number of aromatic nitrogens is 2. The van der Waals surface area contributed by atoms with Crippen LogP contribution >= 0.6 is 11.3 Å².